The highest BCUT2D eigenvalue weighted by Gasteiger charge is 2.21. The molecule has 434 valence electrons. The Bertz CT molecular complexity index is 3740. The highest BCUT2D eigenvalue weighted by molar-refractivity contribution is 5.76. The molecule has 0 aliphatic carbocycles. The number of ether oxygens (including phenoxy) is 2. The van der Waals surface area contributed by atoms with Gasteiger partial charge in [0.2, 0.25) is 6.29 Å². The Kier molecular flexibility index (Phi) is 18.5. The predicted molar refractivity (Wildman–Crippen MR) is 354 cm³/mol. The van der Waals surface area contributed by atoms with Gasteiger partial charge in [0.15, 0.2) is 34.9 Å². The number of phenols is 2. The number of hydrogen-bond donors (Lipinski definition) is 2. The first kappa shape index (κ1) is 57.8. The minimum absolute atomic E-state index is 0.0707. The molecule has 0 radical (unpaired) electrons. The normalized spacial score (nSPS) is 11.2. The first-order valence-corrected chi connectivity index (χ1v) is 30.5. The van der Waals surface area contributed by atoms with Gasteiger partial charge in [0.25, 0.3) is 0 Å². The highest BCUT2D eigenvalue weighted by atomic mass is 16.7. The Morgan fingerprint density at radius 2 is 0.523 bits per heavy atom. The topological polar surface area (TPSA) is 136 Å². The van der Waals surface area contributed by atoms with Crippen molar-refractivity contribution in [3.05, 3.63) is 255 Å². The van der Waals surface area contributed by atoms with Gasteiger partial charge in [-0.25, -0.2) is 29.9 Å². The molecule has 88 heavy (non-hydrogen) atoms. The number of benzene rings is 10. The van der Waals surface area contributed by atoms with E-state index in [0.29, 0.717) is 64.0 Å². The van der Waals surface area contributed by atoms with Gasteiger partial charge in [0, 0.05) is 40.8 Å². The lowest BCUT2D eigenvalue weighted by Gasteiger charge is -2.21. The summed E-state index contributed by atoms with van der Waals surface area (Å²) in [6.45, 7) is 2.24. The van der Waals surface area contributed by atoms with Crippen LogP contribution in [-0.4, -0.2) is 46.4 Å². The third-order valence-electron chi connectivity index (χ3n) is 15.8. The second-order valence-corrected chi connectivity index (χ2v) is 22.0. The summed E-state index contributed by atoms with van der Waals surface area (Å²) in [5.41, 5.74) is 12.8. The summed E-state index contributed by atoms with van der Waals surface area (Å²) in [5, 5.41) is 23.9. The Hall–Kier alpha value is -10.6. The van der Waals surface area contributed by atoms with Gasteiger partial charge >= 0.3 is 0 Å². The van der Waals surface area contributed by atoms with Crippen LogP contribution in [0.3, 0.4) is 0 Å². The molecule has 0 amide bonds. The number of aromatic hydroxyl groups is 2. The molecule has 0 saturated heterocycles. The first-order chi connectivity index (χ1) is 43.4. The summed E-state index contributed by atoms with van der Waals surface area (Å²) >= 11 is 0. The lowest BCUT2D eigenvalue weighted by Crippen LogP contribution is -2.24. The van der Waals surface area contributed by atoms with Crippen molar-refractivity contribution in [2.75, 3.05) is 0 Å². The predicted octanol–water partition coefficient (Wildman–Crippen LogP) is 19.8. The zero-order valence-corrected chi connectivity index (χ0v) is 49.3. The van der Waals surface area contributed by atoms with Crippen molar-refractivity contribution in [2.24, 2.45) is 0 Å². The molecule has 0 atom stereocenters. The van der Waals surface area contributed by atoms with Gasteiger partial charge in [-0.1, -0.05) is 277 Å². The van der Waals surface area contributed by atoms with E-state index in [0.717, 1.165) is 86.0 Å². The molecule has 10 aromatic carbocycles. The van der Waals surface area contributed by atoms with Crippen LogP contribution in [-0.2, 0) is 0 Å². The average molecular weight is 1150 g/mol. The Morgan fingerprint density at radius 1 is 0.273 bits per heavy atom. The van der Waals surface area contributed by atoms with Crippen LogP contribution in [0.1, 0.15) is 71.1 Å². The SMILES string of the molecule is CCCCCCCCCCCC(Oc1ccc(-c2nc(-c3ccc(-c4ccccc4)cc3)nc(-c3ccc(-c4ccccc4)cc3)n2)c(O)c1)Oc1ccc(-c2nc(-c3ccc(-c4ccccc4)cc3)nc(-c3ccc(-c4ccccc4)cc3)n2)c(O)c1. The van der Waals surface area contributed by atoms with Crippen molar-refractivity contribution in [2.45, 2.75) is 77.4 Å². The molecule has 10 nitrogen and oxygen atoms in total. The van der Waals surface area contributed by atoms with Crippen molar-refractivity contribution in [3.63, 3.8) is 0 Å². The molecule has 0 unspecified atom stereocenters. The van der Waals surface area contributed by atoms with E-state index in [1.807, 2.05) is 121 Å². The second-order valence-electron chi connectivity index (χ2n) is 22.0. The summed E-state index contributed by atoms with van der Waals surface area (Å²) in [6, 6.07) is 83.9. The van der Waals surface area contributed by atoms with Crippen LogP contribution >= 0.6 is 0 Å². The van der Waals surface area contributed by atoms with E-state index in [-0.39, 0.29) is 11.5 Å². The van der Waals surface area contributed by atoms with Gasteiger partial charge in [0.05, 0.1) is 11.1 Å². The van der Waals surface area contributed by atoms with Crippen LogP contribution in [0.25, 0.3) is 113 Å². The van der Waals surface area contributed by atoms with Crippen LogP contribution in [0.4, 0.5) is 0 Å². The fourth-order valence-corrected chi connectivity index (χ4v) is 10.9. The number of rotatable bonds is 24. The molecule has 0 bridgehead atoms. The van der Waals surface area contributed by atoms with Crippen molar-refractivity contribution < 1.29 is 19.7 Å². The van der Waals surface area contributed by atoms with Crippen molar-refractivity contribution in [1.29, 1.82) is 0 Å². The summed E-state index contributed by atoms with van der Waals surface area (Å²) in [6.07, 6.45) is 10.2. The molecule has 10 heteroatoms. The molecule has 2 heterocycles. The molecule has 0 fully saturated rings. The highest BCUT2D eigenvalue weighted by Crippen LogP contribution is 2.38. The van der Waals surface area contributed by atoms with E-state index in [2.05, 4.69) is 104 Å². The molecule has 12 rings (SSSR count). The molecule has 0 saturated carbocycles. The number of nitrogens with zero attached hydrogens (tertiary/aromatic N) is 6. The first-order valence-electron chi connectivity index (χ1n) is 30.5. The number of aromatic nitrogens is 6. The molecular weight excluding hydrogens is 1080 g/mol. The second kappa shape index (κ2) is 28.1. The monoisotopic (exact) mass is 1150 g/mol. The minimum Gasteiger partial charge on any atom is -0.507 e. The minimum atomic E-state index is -0.777. The van der Waals surface area contributed by atoms with E-state index in [9.17, 15) is 10.2 Å². The van der Waals surface area contributed by atoms with E-state index in [4.69, 9.17) is 39.4 Å². The number of unbranched alkanes of at least 4 members (excludes halogenated alkanes) is 8. The number of phenolic OH excluding ortho intramolecular Hbond substituents is 2. The fourth-order valence-electron chi connectivity index (χ4n) is 10.9. The largest absolute Gasteiger partial charge is 0.507 e. The molecule has 0 aliphatic rings. The van der Waals surface area contributed by atoms with Crippen LogP contribution < -0.4 is 9.47 Å². The summed E-state index contributed by atoms with van der Waals surface area (Å²) in [4.78, 5) is 29.9. The lowest BCUT2D eigenvalue weighted by atomic mass is 10.0. The standard InChI is InChI=1S/C78H68N6O4/c1-2-3-4-5-6-7-8-9-22-31-72(87-66-48-50-68(70(85)52-66)77-81-73(62-40-32-58(33-41-62)54-23-14-10-15-24-54)79-74(82-77)63-42-34-59(35-43-63)55-25-16-11-17-26-55)88-67-49-51-69(71(86)53-67)78-83-75(64-44-36-60(37-45-64)56-27-18-12-19-28-56)80-76(84-78)65-46-38-61(39-47-65)57-29-20-13-21-30-57/h10-21,23-30,32-53,72,85-86H,2-9,22,31H2,1H3. The molecule has 2 N–H and O–H groups in total. The van der Waals surface area contributed by atoms with Crippen molar-refractivity contribution >= 4 is 0 Å². The zero-order chi connectivity index (χ0) is 59.9. The quantitative estimate of drug-likeness (QED) is 0.0444. The molecule has 0 aliphatic heterocycles. The Labute approximate surface area is 515 Å². The van der Waals surface area contributed by atoms with Gasteiger partial charge in [-0.05, 0) is 75.2 Å². The summed E-state index contributed by atoms with van der Waals surface area (Å²) in [7, 11) is 0. The Morgan fingerprint density at radius 3 is 0.807 bits per heavy atom. The van der Waals surface area contributed by atoms with Gasteiger partial charge in [-0.3, -0.25) is 0 Å². The Balaban J connectivity index is 0.828. The van der Waals surface area contributed by atoms with E-state index < -0.39 is 6.29 Å². The van der Waals surface area contributed by atoms with Crippen molar-refractivity contribution in [3.8, 4) is 136 Å². The molecule has 12 aromatic rings. The maximum absolute atomic E-state index is 12.0. The van der Waals surface area contributed by atoms with Crippen LogP contribution in [0.5, 0.6) is 23.0 Å². The lowest BCUT2D eigenvalue weighted by molar-refractivity contribution is -0.00265. The number of hydrogen-bond acceptors (Lipinski definition) is 10. The van der Waals surface area contributed by atoms with E-state index in [1.54, 1.807) is 36.4 Å². The van der Waals surface area contributed by atoms with Crippen LogP contribution in [0.15, 0.2) is 255 Å². The van der Waals surface area contributed by atoms with Crippen LogP contribution in [0.2, 0.25) is 0 Å². The third-order valence-corrected chi connectivity index (χ3v) is 15.8. The maximum Gasteiger partial charge on any atom is 0.241 e. The summed E-state index contributed by atoms with van der Waals surface area (Å²) < 4.78 is 13.3. The van der Waals surface area contributed by atoms with Crippen LogP contribution in [0, 0.1) is 0 Å². The van der Waals surface area contributed by atoms with Gasteiger partial charge in [-0.15, -0.1) is 0 Å². The molecular formula is C78H68N6O4. The van der Waals surface area contributed by atoms with Gasteiger partial charge in [0.1, 0.15) is 23.0 Å². The average Bonchev–Trinajstić information content (AvgIpc) is 2.43. The van der Waals surface area contributed by atoms with E-state index >= 15 is 0 Å². The maximum atomic E-state index is 12.0. The zero-order valence-electron chi connectivity index (χ0n) is 49.3. The van der Waals surface area contributed by atoms with E-state index in [1.165, 1.54) is 38.5 Å². The van der Waals surface area contributed by atoms with Gasteiger partial charge < -0.3 is 19.7 Å². The third kappa shape index (κ3) is 14.4. The van der Waals surface area contributed by atoms with Crippen molar-refractivity contribution in [1.82, 2.24) is 29.9 Å². The smallest absolute Gasteiger partial charge is 0.241 e. The molecule has 2 aromatic heterocycles. The summed E-state index contributed by atoms with van der Waals surface area (Å²) in [5.74, 6) is 3.12. The van der Waals surface area contributed by atoms with Gasteiger partial charge in [-0.2, -0.15) is 0 Å². The molecule has 0 spiro atoms. The fraction of sp³-hybridized carbons (Fsp3) is 0.154.